The first-order chi connectivity index (χ1) is 14.3. The summed E-state index contributed by atoms with van der Waals surface area (Å²) in [6.45, 7) is 2.69. The number of carbonyl (C=O) groups excluding carboxylic acids is 2. The summed E-state index contributed by atoms with van der Waals surface area (Å²) in [6.07, 6.45) is 5.23. The van der Waals surface area contributed by atoms with Crippen LogP contribution in [-0.4, -0.2) is 44.9 Å². The van der Waals surface area contributed by atoms with Crippen LogP contribution in [0.5, 0.6) is 5.75 Å². The Kier molecular flexibility index (Phi) is 5.79. The Balaban J connectivity index is 1.60. The molecule has 3 heterocycles. The number of thiophene rings is 1. The lowest BCUT2D eigenvalue weighted by molar-refractivity contribution is 0.100. The summed E-state index contributed by atoms with van der Waals surface area (Å²) >= 11 is 13.1. The summed E-state index contributed by atoms with van der Waals surface area (Å²) < 4.78 is 0.389. The maximum Gasteiger partial charge on any atom is 0.259 e. The van der Waals surface area contributed by atoms with Gasteiger partial charge in [0.1, 0.15) is 15.8 Å². The van der Waals surface area contributed by atoms with Gasteiger partial charge in [0.05, 0.1) is 27.4 Å². The van der Waals surface area contributed by atoms with Crippen molar-refractivity contribution in [2.75, 3.05) is 18.4 Å². The number of likely N-dealkylation sites (tertiary alicyclic amines) is 1. The van der Waals surface area contributed by atoms with Crippen LogP contribution in [0.2, 0.25) is 10.0 Å². The van der Waals surface area contributed by atoms with E-state index in [0.717, 1.165) is 24.4 Å². The van der Waals surface area contributed by atoms with E-state index in [1.807, 2.05) is 0 Å². The summed E-state index contributed by atoms with van der Waals surface area (Å²) in [5.74, 6) is -0.914. The highest BCUT2D eigenvalue weighted by Crippen LogP contribution is 2.46. The molecule has 1 aliphatic rings. The van der Waals surface area contributed by atoms with Crippen molar-refractivity contribution in [3.8, 4) is 5.75 Å². The molecule has 0 bridgehead atoms. The van der Waals surface area contributed by atoms with Gasteiger partial charge < -0.3 is 16.2 Å². The molecule has 0 aliphatic carbocycles. The van der Waals surface area contributed by atoms with E-state index in [4.69, 9.17) is 28.9 Å². The van der Waals surface area contributed by atoms with Gasteiger partial charge in [-0.15, -0.1) is 11.3 Å². The van der Waals surface area contributed by atoms with Crippen molar-refractivity contribution in [3.05, 3.63) is 45.5 Å². The fourth-order valence-corrected chi connectivity index (χ4v) is 5.04. The van der Waals surface area contributed by atoms with Gasteiger partial charge in [-0.2, -0.15) is 0 Å². The molecular weight excluding hydrogens is 449 g/mol. The molecule has 8 nitrogen and oxygen atoms in total. The maximum atomic E-state index is 12.7. The normalized spacial score (nSPS) is 14.3. The number of anilines is 1. The predicted molar refractivity (Wildman–Crippen MR) is 117 cm³/mol. The van der Waals surface area contributed by atoms with E-state index in [0.29, 0.717) is 22.5 Å². The minimum absolute atomic E-state index is 0.0138. The highest BCUT2D eigenvalue weighted by Gasteiger charge is 2.23. The highest BCUT2D eigenvalue weighted by molar-refractivity contribution is 7.24. The second kappa shape index (κ2) is 8.35. The molecule has 3 aromatic rings. The lowest BCUT2D eigenvalue weighted by Gasteiger charge is -2.12. The Hall–Kier alpha value is -2.46. The van der Waals surface area contributed by atoms with Gasteiger partial charge in [-0.25, -0.2) is 9.97 Å². The third-order valence-corrected chi connectivity index (χ3v) is 6.76. The summed E-state index contributed by atoms with van der Waals surface area (Å²) in [5, 5.41) is 13.1. The number of phenolic OH excluding ortho intramolecular Hbond substituents is 1. The Morgan fingerprint density at radius 1 is 1.23 bits per heavy atom. The zero-order valence-electron chi connectivity index (χ0n) is 15.6. The SMILES string of the molecule is NC(=O)c1c(NC(=O)c2cnc(CN3CCCC3)nc2)sc2c(Cl)c(O)c(Cl)cc12. The number of nitrogens with one attached hydrogen (secondary N) is 1. The van der Waals surface area contributed by atoms with Gasteiger partial charge in [0.2, 0.25) is 0 Å². The minimum Gasteiger partial charge on any atom is -0.505 e. The second-order valence-electron chi connectivity index (χ2n) is 6.89. The van der Waals surface area contributed by atoms with Crippen LogP contribution in [0.25, 0.3) is 10.1 Å². The van der Waals surface area contributed by atoms with Crippen molar-refractivity contribution in [1.29, 1.82) is 0 Å². The molecule has 1 aromatic carbocycles. The van der Waals surface area contributed by atoms with Gasteiger partial charge in [-0.05, 0) is 32.0 Å². The first-order valence-corrected chi connectivity index (χ1v) is 10.7. The number of primary amides is 1. The van der Waals surface area contributed by atoms with Crippen LogP contribution in [0.1, 0.15) is 39.4 Å². The van der Waals surface area contributed by atoms with Gasteiger partial charge in [-0.1, -0.05) is 23.2 Å². The maximum absolute atomic E-state index is 12.7. The van der Waals surface area contributed by atoms with Crippen molar-refractivity contribution in [2.24, 2.45) is 5.73 Å². The van der Waals surface area contributed by atoms with Crippen LogP contribution >= 0.6 is 34.5 Å². The molecule has 156 valence electrons. The molecule has 4 rings (SSSR count). The second-order valence-corrected chi connectivity index (χ2v) is 8.70. The molecule has 0 saturated carbocycles. The third kappa shape index (κ3) is 3.93. The van der Waals surface area contributed by atoms with Crippen molar-refractivity contribution in [1.82, 2.24) is 14.9 Å². The van der Waals surface area contributed by atoms with E-state index < -0.39 is 11.8 Å². The number of fused-ring (bicyclic) bond motifs is 1. The fraction of sp³-hybridized carbons (Fsp3) is 0.263. The first kappa shape index (κ1) is 20.8. The topological polar surface area (TPSA) is 121 Å². The number of phenols is 1. The summed E-state index contributed by atoms with van der Waals surface area (Å²) in [4.78, 5) is 35.5. The quantitative estimate of drug-likeness (QED) is 0.528. The zero-order valence-corrected chi connectivity index (χ0v) is 17.9. The largest absolute Gasteiger partial charge is 0.505 e. The first-order valence-electron chi connectivity index (χ1n) is 9.13. The zero-order chi connectivity index (χ0) is 21.4. The van der Waals surface area contributed by atoms with Crippen LogP contribution < -0.4 is 11.1 Å². The van der Waals surface area contributed by atoms with Crippen molar-refractivity contribution in [2.45, 2.75) is 19.4 Å². The van der Waals surface area contributed by atoms with Crippen LogP contribution in [0.3, 0.4) is 0 Å². The molecule has 0 atom stereocenters. The molecule has 0 unspecified atom stereocenters. The number of hydrogen-bond acceptors (Lipinski definition) is 7. The van der Waals surface area contributed by atoms with Gasteiger partial charge in [0.25, 0.3) is 11.8 Å². The molecule has 0 spiro atoms. The molecule has 2 aromatic heterocycles. The Labute approximate surface area is 185 Å². The number of carbonyl (C=O) groups is 2. The molecular formula is C19H17Cl2N5O3S. The molecule has 1 saturated heterocycles. The number of nitrogens with zero attached hydrogens (tertiary/aromatic N) is 3. The monoisotopic (exact) mass is 465 g/mol. The Morgan fingerprint density at radius 3 is 2.53 bits per heavy atom. The Bertz CT molecular complexity index is 1140. The van der Waals surface area contributed by atoms with Gasteiger partial charge in [-0.3, -0.25) is 14.5 Å². The number of rotatable bonds is 5. The van der Waals surface area contributed by atoms with E-state index in [9.17, 15) is 14.7 Å². The van der Waals surface area contributed by atoms with Crippen LogP contribution in [-0.2, 0) is 6.54 Å². The van der Waals surface area contributed by atoms with Gasteiger partial charge in [0, 0.05) is 17.8 Å². The predicted octanol–water partition coefficient (Wildman–Crippen LogP) is 3.65. The number of amides is 2. The van der Waals surface area contributed by atoms with Crippen molar-refractivity contribution < 1.29 is 14.7 Å². The van der Waals surface area contributed by atoms with E-state index in [-0.39, 0.29) is 31.9 Å². The number of halogens is 2. The number of aromatic nitrogens is 2. The average Bonchev–Trinajstić information content (AvgIpc) is 3.34. The van der Waals surface area contributed by atoms with Crippen molar-refractivity contribution in [3.63, 3.8) is 0 Å². The molecule has 30 heavy (non-hydrogen) atoms. The summed E-state index contributed by atoms with van der Waals surface area (Å²) in [6, 6.07) is 1.39. The summed E-state index contributed by atoms with van der Waals surface area (Å²) in [7, 11) is 0. The van der Waals surface area contributed by atoms with E-state index in [1.165, 1.54) is 31.3 Å². The molecule has 4 N–H and O–H groups in total. The average molecular weight is 466 g/mol. The van der Waals surface area contributed by atoms with E-state index >= 15 is 0 Å². The van der Waals surface area contributed by atoms with Crippen LogP contribution in [0.15, 0.2) is 18.5 Å². The number of hydrogen-bond donors (Lipinski definition) is 3. The molecule has 1 aliphatic heterocycles. The third-order valence-electron chi connectivity index (χ3n) is 4.85. The van der Waals surface area contributed by atoms with Crippen molar-refractivity contribution >= 4 is 61.4 Å². The summed E-state index contributed by atoms with van der Waals surface area (Å²) in [5.41, 5.74) is 5.82. The van der Waals surface area contributed by atoms with Crippen LogP contribution in [0.4, 0.5) is 5.00 Å². The smallest absolute Gasteiger partial charge is 0.259 e. The van der Waals surface area contributed by atoms with E-state index in [2.05, 4.69) is 20.2 Å². The van der Waals surface area contributed by atoms with Gasteiger partial charge >= 0.3 is 0 Å². The van der Waals surface area contributed by atoms with Crippen LogP contribution in [0, 0.1) is 0 Å². The Morgan fingerprint density at radius 2 is 1.90 bits per heavy atom. The molecule has 2 amide bonds. The lowest BCUT2D eigenvalue weighted by Crippen LogP contribution is -2.21. The molecule has 0 radical (unpaired) electrons. The number of benzene rings is 1. The molecule has 1 fully saturated rings. The standard InChI is InChI=1S/C19H17Cl2N5O3S/c20-11-5-10-13(17(22)28)19(30-16(10)14(21)15(11)27)25-18(29)9-6-23-12(24-7-9)8-26-3-1-2-4-26/h5-7,27H,1-4,8H2,(H2,22,28)(H,25,29). The number of aromatic hydroxyl groups is 1. The van der Waals surface area contributed by atoms with E-state index in [1.54, 1.807) is 0 Å². The highest BCUT2D eigenvalue weighted by atomic mass is 35.5. The number of nitrogens with two attached hydrogens (primary N) is 1. The minimum atomic E-state index is -0.758. The molecule has 11 heteroatoms. The fourth-order valence-electron chi connectivity index (χ4n) is 3.35. The lowest BCUT2D eigenvalue weighted by atomic mass is 10.1. The van der Waals surface area contributed by atoms with Gasteiger partial charge in [0.15, 0.2) is 5.75 Å².